The van der Waals surface area contributed by atoms with Crippen LogP contribution in [0.15, 0.2) is 12.4 Å². The Bertz CT molecular complexity index is 515. The van der Waals surface area contributed by atoms with Gasteiger partial charge in [0.25, 0.3) is 0 Å². The summed E-state index contributed by atoms with van der Waals surface area (Å²) in [5.74, 6) is 0.329. The molecule has 2 saturated heterocycles. The van der Waals surface area contributed by atoms with E-state index in [2.05, 4.69) is 4.98 Å². The molecule has 0 aliphatic carbocycles. The lowest BCUT2D eigenvalue weighted by atomic mass is 9.73. The van der Waals surface area contributed by atoms with Gasteiger partial charge in [-0.25, -0.2) is 0 Å². The van der Waals surface area contributed by atoms with E-state index in [1.807, 2.05) is 33.9 Å². The first kappa shape index (κ1) is 14.3. The number of rotatable bonds is 2. The van der Waals surface area contributed by atoms with Crippen LogP contribution in [0.25, 0.3) is 0 Å². The van der Waals surface area contributed by atoms with Gasteiger partial charge in [-0.05, 0) is 33.3 Å². The number of halogens is 1. The van der Waals surface area contributed by atoms with Gasteiger partial charge in [0.1, 0.15) is 0 Å². The molecule has 20 heavy (non-hydrogen) atoms. The van der Waals surface area contributed by atoms with E-state index in [4.69, 9.17) is 25.6 Å². The van der Waals surface area contributed by atoms with Crippen molar-refractivity contribution >= 4 is 24.2 Å². The summed E-state index contributed by atoms with van der Waals surface area (Å²) in [7, 11) is -0.453. The molecule has 0 aromatic carbocycles. The van der Waals surface area contributed by atoms with Crippen LogP contribution in [0.2, 0.25) is 5.02 Å². The first-order valence-corrected chi connectivity index (χ1v) is 7.26. The summed E-state index contributed by atoms with van der Waals surface area (Å²) in [5, 5.41) is 0.591. The van der Waals surface area contributed by atoms with Gasteiger partial charge in [-0.1, -0.05) is 11.6 Å². The van der Waals surface area contributed by atoms with Crippen molar-refractivity contribution in [1.82, 2.24) is 4.98 Å². The van der Waals surface area contributed by atoms with Crippen LogP contribution in [0.4, 0.5) is 0 Å². The number of nitrogens with zero attached hydrogens (tertiary/aromatic N) is 1. The Hall–Kier alpha value is -0.615. The van der Waals surface area contributed by atoms with Gasteiger partial charge in [-0.3, -0.25) is 4.98 Å². The SMILES string of the molecule is CC1(C)OB(c2c(Cl)cncc2C2COC2)OC1(C)C. The third-order valence-corrected chi connectivity index (χ3v) is 4.84. The van der Waals surface area contributed by atoms with Gasteiger partial charge in [0, 0.05) is 23.8 Å². The molecule has 1 aromatic heterocycles. The van der Waals surface area contributed by atoms with E-state index in [1.165, 1.54) is 0 Å². The lowest BCUT2D eigenvalue weighted by molar-refractivity contribution is 0.00578. The summed E-state index contributed by atoms with van der Waals surface area (Å²) >= 11 is 6.36. The Morgan fingerprint density at radius 3 is 2.25 bits per heavy atom. The van der Waals surface area contributed by atoms with Gasteiger partial charge in [0.15, 0.2) is 0 Å². The summed E-state index contributed by atoms with van der Waals surface area (Å²) < 4.78 is 17.5. The van der Waals surface area contributed by atoms with Crippen molar-refractivity contribution in [2.24, 2.45) is 0 Å². The molecule has 2 fully saturated rings. The average Bonchev–Trinajstić information content (AvgIpc) is 2.45. The Balaban J connectivity index is 1.99. The Kier molecular flexibility index (Phi) is 3.37. The molecule has 4 nitrogen and oxygen atoms in total. The molecule has 1 aromatic rings. The lowest BCUT2D eigenvalue weighted by Crippen LogP contribution is -2.41. The van der Waals surface area contributed by atoms with Crippen molar-refractivity contribution in [3.8, 4) is 0 Å². The van der Waals surface area contributed by atoms with Gasteiger partial charge < -0.3 is 14.0 Å². The van der Waals surface area contributed by atoms with Crippen molar-refractivity contribution in [3.63, 3.8) is 0 Å². The highest BCUT2D eigenvalue weighted by Gasteiger charge is 2.53. The minimum absolute atomic E-state index is 0.329. The smallest absolute Gasteiger partial charge is 0.399 e. The summed E-state index contributed by atoms with van der Waals surface area (Å²) in [4.78, 5) is 4.19. The van der Waals surface area contributed by atoms with Gasteiger partial charge in [0.2, 0.25) is 0 Å². The fourth-order valence-corrected chi connectivity index (χ4v) is 2.66. The van der Waals surface area contributed by atoms with E-state index in [-0.39, 0.29) is 11.2 Å². The zero-order valence-electron chi connectivity index (χ0n) is 12.3. The standard InChI is InChI=1S/C14H19BClNO3/c1-13(2)14(3,4)20-15(19-13)12-10(9-7-18-8-9)5-17-6-11(12)16/h5-6,9H,7-8H2,1-4H3. The van der Waals surface area contributed by atoms with Crippen molar-refractivity contribution in [2.45, 2.75) is 44.8 Å². The molecule has 0 bridgehead atoms. The van der Waals surface area contributed by atoms with Gasteiger partial charge in [-0.2, -0.15) is 0 Å². The van der Waals surface area contributed by atoms with Crippen LogP contribution in [-0.4, -0.2) is 36.5 Å². The molecule has 0 amide bonds. The number of ether oxygens (including phenoxy) is 1. The van der Waals surface area contributed by atoms with Gasteiger partial charge in [0.05, 0.1) is 29.4 Å². The van der Waals surface area contributed by atoms with E-state index in [9.17, 15) is 0 Å². The Morgan fingerprint density at radius 1 is 1.15 bits per heavy atom. The molecule has 3 heterocycles. The van der Waals surface area contributed by atoms with Gasteiger partial charge >= 0.3 is 7.12 Å². The van der Waals surface area contributed by atoms with Crippen LogP contribution in [0, 0.1) is 0 Å². The maximum Gasteiger partial charge on any atom is 0.496 e. The second-order valence-corrected chi connectivity index (χ2v) is 6.85. The molecular weight excluding hydrogens is 276 g/mol. The zero-order valence-corrected chi connectivity index (χ0v) is 13.0. The monoisotopic (exact) mass is 295 g/mol. The first-order valence-electron chi connectivity index (χ1n) is 6.88. The summed E-state index contributed by atoms with van der Waals surface area (Å²) in [5.41, 5.74) is 1.21. The maximum atomic E-state index is 6.36. The van der Waals surface area contributed by atoms with Crippen LogP contribution in [0.3, 0.4) is 0 Å². The van der Waals surface area contributed by atoms with Crippen LogP contribution in [-0.2, 0) is 14.0 Å². The topological polar surface area (TPSA) is 40.6 Å². The van der Waals surface area contributed by atoms with Crippen LogP contribution < -0.4 is 5.46 Å². The summed E-state index contributed by atoms with van der Waals surface area (Å²) in [6.45, 7) is 9.55. The molecule has 0 radical (unpaired) electrons. The molecular formula is C14H19BClNO3. The molecule has 2 aliphatic rings. The molecule has 6 heteroatoms. The van der Waals surface area contributed by atoms with Gasteiger partial charge in [-0.15, -0.1) is 0 Å². The minimum atomic E-state index is -0.453. The van der Waals surface area contributed by atoms with E-state index in [1.54, 1.807) is 6.20 Å². The quantitative estimate of drug-likeness (QED) is 0.784. The van der Waals surface area contributed by atoms with E-state index in [0.29, 0.717) is 24.2 Å². The highest BCUT2D eigenvalue weighted by atomic mass is 35.5. The Labute approximate surface area is 124 Å². The number of hydrogen-bond acceptors (Lipinski definition) is 4. The van der Waals surface area contributed by atoms with E-state index in [0.717, 1.165) is 11.0 Å². The lowest BCUT2D eigenvalue weighted by Gasteiger charge is -2.32. The van der Waals surface area contributed by atoms with Crippen molar-refractivity contribution in [3.05, 3.63) is 23.0 Å². The largest absolute Gasteiger partial charge is 0.496 e. The van der Waals surface area contributed by atoms with Crippen molar-refractivity contribution < 1.29 is 14.0 Å². The van der Waals surface area contributed by atoms with E-state index < -0.39 is 7.12 Å². The van der Waals surface area contributed by atoms with Crippen LogP contribution >= 0.6 is 11.6 Å². The third kappa shape index (κ3) is 2.17. The predicted octanol–water partition coefficient (Wildman–Crippen LogP) is 2.15. The van der Waals surface area contributed by atoms with Crippen molar-refractivity contribution in [2.75, 3.05) is 13.2 Å². The van der Waals surface area contributed by atoms with Crippen LogP contribution in [0.1, 0.15) is 39.2 Å². The highest BCUT2D eigenvalue weighted by Crippen LogP contribution is 2.38. The molecule has 0 atom stereocenters. The number of pyridine rings is 1. The molecule has 0 unspecified atom stereocenters. The zero-order chi connectivity index (χ0) is 14.5. The minimum Gasteiger partial charge on any atom is -0.399 e. The predicted molar refractivity (Wildman–Crippen MR) is 78.5 cm³/mol. The third-order valence-electron chi connectivity index (χ3n) is 4.54. The molecule has 108 valence electrons. The molecule has 2 aliphatic heterocycles. The molecule has 0 saturated carbocycles. The fourth-order valence-electron chi connectivity index (χ4n) is 2.41. The normalized spacial score (nSPS) is 24.8. The first-order chi connectivity index (χ1) is 9.32. The Morgan fingerprint density at radius 2 is 1.75 bits per heavy atom. The second-order valence-electron chi connectivity index (χ2n) is 6.45. The van der Waals surface area contributed by atoms with Crippen molar-refractivity contribution in [1.29, 1.82) is 0 Å². The number of aromatic nitrogens is 1. The highest BCUT2D eigenvalue weighted by molar-refractivity contribution is 6.66. The maximum absolute atomic E-state index is 6.36. The second kappa shape index (κ2) is 4.70. The van der Waals surface area contributed by atoms with Crippen LogP contribution in [0.5, 0.6) is 0 Å². The molecule has 0 N–H and O–H groups in total. The fraction of sp³-hybridized carbons (Fsp3) is 0.643. The molecule has 0 spiro atoms. The average molecular weight is 296 g/mol. The number of hydrogen-bond donors (Lipinski definition) is 0. The summed E-state index contributed by atoms with van der Waals surface area (Å²) in [6, 6.07) is 0. The summed E-state index contributed by atoms with van der Waals surface area (Å²) in [6.07, 6.45) is 3.49. The molecule has 3 rings (SSSR count). The van der Waals surface area contributed by atoms with E-state index >= 15 is 0 Å².